The molecule has 2 aromatic heterocycles. The van der Waals surface area contributed by atoms with E-state index in [1.165, 1.54) is 18.6 Å². The van der Waals surface area contributed by atoms with Gasteiger partial charge in [0, 0.05) is 24.8 Å². The molecule has 80 valence electrons. The van der Waals surface area contributed by atoms with E-state index in [2.05, 4.69) is 30.1 Å². The van der Waals surface area contributed by atoms with Crippen LogP contribution in [0.5, 0.6) is 0 Å². The van der Waals surface area contributed by atoms with Crippen LogP contribution in [0.15, 0.2) is 41.2 Å². The summed E-state index contributed by atoms with van der Waals surface area (Å²) in [6.45, 7) is 0. The maximum absolute atomic E-state index is 5.64. The van der Waals surface area contributed by atoms with E-state index in [0.717, 1.165) is 0 Å². The van der Waals surface area contributed by atoms with Gasteiger partial charge in [0.05, 0.1) is 12.4 Å². The van der Waals surface area contributed by atoms with Gasteiger partial charge < -0.3 is 10.7 Å². The molecule has 0 bridgehead atoms. The number of nitrogens with zero attached hydrogens (tertiary/aromatic N) is 5. The van der Waals surface area contributed by atoms with Gasteiger partial charge in [-0.15, -0.1) is 5.10 Å². The molecule has 2 aromatic rings. The van der Waals surface area contributed by atoms with Gasteiger partial charge in [-0.1, -0.05) is 0 Å². The third-order valence-electron chi connectivity index (χ3n) is 1.69. The van der Waals surface area contributed by atoms with E-state index in [4.69, 9.17) is 5.73 Å². The second-order valence-corrected chi connectivity index (χ2v) is 2.79. The highest BCUT2D eigenvalue weighted by molar-refractivity contribution is 5.95. The van der Waals surface area contributed by atoms with Gasteiger partial charge in [-0.05, 0) is 0 Å². The lowest BCUT2D eigenvalue weighted by Crippen LogP contribution is -2.14. The van der Waals surface area contributed by atoms with Gasteiger partial charge in [0.25, 0.3) is 0 Å². The van der Waals surface area contributed by atoms with Crippen molar-refractivity contribution in [3.63, 3.8) is 0 Å². The molecule has 0 unspecified atom stereocenters. The Labute approximate surface area is 91.2 Å². The van der Waals surface area contributed by atoms with Crippen LogP contribution in [-0.4, -0.2) is 32.0 Å². The molecule has 16 heavy (non-hydrogen) atoms. The van der Waals surface area contributed by atoms with Crippen LogP contribution < -0.4 is 5.73 Å². The average molecular weight is 215 g/mol. The summed E-state index contributed by atoms with van der Waals surface area (Å²) >= 11 is 0. The van der Waals surface area contributed by atoms with Gasteiger partial charge in [-0.25, -0.2) is 9.97 Å². The maximum atomic E-state index is 5.64. The molecule has 0 aliphatic carbocycles. The van der Waals surface area contributed by atoms with Crippen molar-refractivity contribution >= 4 is 12.1 Å². The lowest BCUT2D eigenvalue weighted by molar-refractivity contribution is 1.14. The summed E-state index contributed by atoms with van der Waals surface area (Å²) in [5.41, 5.74) is 6.12. The first kappa shape index (κ1) is 9.97. The van der Waals surface area contributed by atoms with Crippen LogP contribution in [0.25, 0.3) is 0 Å². The van der Waals surface area contributed by atoms with Crippen molar-refractivity contribution < 1.29 is 0 Å². The number of amidine groups is 1. The Hall–Kier alpha value is -2.57. The quantitative estimate of drug-likeness (QED) is 0.425. The topological polar surface area (TPSA) is 105 Å². The van der Waals surface area contributed by atoms with Crippen LogP contribution in [-0.2, 0) is 0 Å². The number of hydrogen-bond acceptors (Lipinski definition) is 5. The molecule has 7 nitrogen and oxygen atoms in total. The number of rotatable bonds is 3. The molecule has 0 saturated carbocycles. The summed E-state index contributed by atoms with van der Waals surface area (Å²) in [5.74, 6) is 0.812. The standard InChI is InChI=1S/C9H9N7/c10-9(7-5-11-1-2-12-7)16-15-6-8-13-3-4-14-8/h1-6H,(H2,10,16)(H,13,14). The van der Waals surface area contributed by atoms with E-state index >= 15 is 0 Å². The van der Waals surface area contributed by atoms with Gasteiger partial charge in [-0.3, -0.25) is 4.98 Å². The fourth-order valence-corrected chi connectivity index (χ4v) is 0.976. The third kappa shape index (κ3) is 2.47. The SMILES string of the molecule is NC(=NN=Cc1ncc[nH]1)c1cnccn1. The fraction of sp³-hybridized carbons (Fsp3) is 0. The first-order valence-corrected chi connectivity index (χ1v) is 4.48. The first-order chi connectivity index (χ1) is 7.86. The van der Waals surface area contributed by atoms with Gasteiger partial charge in [0.15, 0.2) is 5.84 Å². The molecule has 2 rings (SSSR count). The Morgan fingerprint density at radius 1 is 1.31 bits per heavy atom. The van der Waals surface area contributed by atoms with E-state index in [1.807, 2.05) is 0 Å². The molecule has 0 atom stereocenters. The van der Waals surface area contributed by atoms with E-state index in [9.17, 15) is 0 Å². The highest BCUT2D eigenvalue weighted by Crippen LogP contribution is 1.90. The number of imidazole rings is 1. The van der Waals surface area contributed by atoms with Crippen LogP contribution in [0.3, 0.4) is 0 Å². The van der Waals surface area contributed by atoms with Crippen molar-refractivity contribution in [1.29, 1.82) is 0 Å². The molecule has 7 heteroatoms. The van der Waals surface area contributed by atoms with Gasteiger partial charge in [0.2, 0.25) is 0 Å². The minimum atomic E-state index is 0.205. The predicted molar refractivity (Wildman–Crippen MR) is 58.9 cm³/mol. The van der Waals surface area contributed by atoms with Gasteiger partial charge >= 0.3 is 0 Å². The number of aromatic nitrogens is 4. The molecule has 2 heterocycles. The van der Waals surface area contributed by atoms with Crippen LogP contribution in [0.1, 0.15) is 11.5 Å². The summed E-state index contributed by atoms with van der Waals surface area (Å²) in [6.07, 6.45) is 9.38. The molecule has 0 fully saturated rings. The number of aromatic amines is 1. The number of nitrogens with one attached hydrogen (secondary N) is 1. The zero-order chi connectivity index (χ0) is 11.2. The monoisotopic (exact) mass is 215 g/mol. The molecule has 0 saturated heterocycles. The van der Waals surface area contributed by atoms with E-state index in [-0.39, 0.29) is 5.84 Å². The maximum Gasteiger partial charge on any atom is 0.173 e. The highest BCUT2D eigenvalue weighted by Gasteiger charge is 1.97. The average Bonchev–Trinajstić information content (AvgIpc) is 2.83. The zero-order valence-electron chi connectivity index (χ0n) is 8.28. The minimum Gasteiger partial charge on any atom is -0.380 e. The molecule has 0 amide bonds. The van der Waals surface area contributed by atoms with Crippen LogP contribution in [0.4, 0.5) is 0 Å². The summed E-state index contributed by atoms with van der Waals surface area (Å²) in [5, 5.41) is 7.54. The third-order valence-corrected chi connectivity index (χ3v) is 1.69. The van der Waals surface area contributed by atoms with Crippen molar-refractivity contribution in [2.45, 2.75) is 0 Å². The molecule has 0 spiro atoms. The lowest BCUT2D eigenvalue weighted by atomic mass is 10.4. The molecular formula is C9H9N7. The summed E-state index contributed by atoms with van der Waals surface area (Å²) in [4.78, 5) is 14.6. The van der Waals surface area contributed by atoms with Crippen molar-refractivity contribution in [1.82, 2.24) is 19.9 Å². The molecule has 0 aliphatic rings. The molecule has 3 N–H and O–H groups in total. The molecule has 0 aromatic carbocycles. The molecule has 0 radical (unpaired) electrons. The van der Waals surface area contributed by atoms with E-state index in [0.29, 0.717) is 11.5 Å². The van der Waals surface area contributed by atoms with Crippen LogP contribution in [0.2, 0.25) is 0 Å². The molecule has 0 aliphatic heterocycles. The smallest absolute Gasteiger partial charge is 0.173 e. The van der Waals surface area contributed by atoms with Crippen LogP contribution >= 0.6 is 0 Å². The Morgan fingerprint density at radius 2 is 2.25 bits per heavy atom. The second-order valence-electron chi connectivity index (χ2n) is 2.79. The summed E-state index contributed by atoms with van der Waals surface area (Å²) in [6, 6.07) is 0. The predicted octanol–water partition coefficient (Wildman–Crippen LogP) is -0.0609. The Kier molecular flexibility index (Phi) is 2.98. The zero-order valence-corrected chi connectivity index (χ0v) is 8.28. The molecular weight excluding hydrogens is 206 g/mol. The van der Waals surface area contributed by atoms with Crippen molar-refractivity contribution in [3.05, 3.63) is 42.5 Å². The fourth-order valence-electron chi connectivity index (χ4n) is 0.976. The Morgan fingerprint density at radius 3 is 2.94 bits per heavy atom. The normalized spacial score (nSPS) is 12.1. The van der Waals surface area contributed by atoms with Crippen molar-refractivity contribution in [3.8, 4) is 0 Å². The first-order valence-electron chi connectivity index (χ1n) is 4.48. The summed E-state index contributed by atoms with van der Waals surface area (Å²) in [7, 11) is 0. The summed E-state index contributed by atoms with van der Waals surface area (Å²) < 4.78 is 0. The largest absolute Gasteiger partial charge is 0.380 e. The Bertz CT molecular complexity index is 486. The number of nitrogens with two attached hydrogens (primary N) is 1. The van der Waals surface area contributed by atoms with Gasteiger partial charge in [-0.2, -0.15) is 5.10 Å². The highest BCUT2D eigenvalue weighted by atomic mass is 15.2. The number of hydrogen-bond donors (Lipinski definition) is 2. The minimum absolute atomic E-state index is 0.205. The van der Waals surface area contributed by atoms with Crippen molar-refractivity contribution in [2.24, 2.45) is 15.9 Å². The second kappa shape index (κ2) is 4.78. The van der Waals surface area contributed by atoms with Crippen LogP contribution in [0, 0.1) is 0 Å². The Balaban J connectivity index is 2.08. The lowest BCUT2D eigenvalue weighted by Gasteiger charge is -1.94. The van der Waals surface area contributed by atoms with Crippen molar-refractivity contribution in [2.75, 3.05) is 0 Å². The number of H-pyrrole nitrogens is 1. The van der Waals surface area contributed by atoms with E-state index < -0.39 is 0 Å². The van der Waals surface area contributed by atoms with E-state index in [1.54, 1.807) is 18.6 Å². The van der Waals surface area contributed by atoms with Gasteiger partial charge in [0.1, 0.15) is 11.5 Å².